The van der Waals surface area contributed by atoms with Crippen molar-refractivity contribution >= 4 is 26.6 Å². The van der Waals surface area contributed by atoms with Crippen molar-refractivity contribution in [3.63, 3.8) is 0 Å². The Bertz CT molecular complexity index is 1310. The van der Waals surface area contributed by atoms with E-state index in [1.165, 1.54) is 4.68 Å². The lowest BCUT2D eigenvalue weighted by Crippen LogP contribution is -2.17. The van der Waals surface area contributed by atoms with E-state index in [0.717, 1.165) is 16.3 Å². The average molecular weight is 422 g/mol. The quantitative estimate of drug-likeness (QED) is 0.533. The monoisotopic (exact) mass is 421 g/mol. The molecule has 0 radical (unpaired) electrons. The first-order valence-corrected chi connectivity index (χ1v) is 11.0. The molecular weight excluding hydrogens is 398 g/mol. The van der Waals surface area contributed by atoms with E-state index < -0.39 is 10.0 Å². The summed E-state index contributed by atoms with van der Waals surface area (Å²) in [5, 5.41) is 14.4. The lowest BCUT2D eigenvalue weighted by molar-refractivity contribution is 0.587. The number of hydrogen-bond acceptors (Lipinski definition) is 5. The Kier molecular flexibility index (Phi) is 4.82. The molecule has 0 amide bonds. The molecule has 0 saturated heterocycles. The third-order valence-corrected chi connectivity index (χ3v) is 6.22. The van der Waals surface area contributed by atoms with Crippen molar-refractivity contribution in [2.24, 2.45) is 0 Å². The first-order chi connectivity index (χ1) is 14.1. The third kappa shape index (κ3) is 3.78. The summed E-state index contributed by atoms with van der Waals surface area (Å²) in [5.74, 6) is 0.764. The molecule has 7 nitrogen and oxygen atoms in total. The SMILES string of the molecule is Cc1cc(NS(=O)(=O)c2ccc(C(C)(C)C)cc2)n(-c2nncc3ccccc23)n1. The number of rotatable bonds is 4. The molecule has 0 spiro atoms. The Labute approximate surface area is 175 Å². The van der Waals surface area contributed by atoms with Crippen molar-refractivity contribution < 1.29 is 8.42 Å². The molecule has 0 aliphatic carbocycles. The molecule has 0 aliphatic heterocycles. The molecule has 0 fully saturated rings. The summed E-state index contributed by atoms with van der Waals surface area (Å²) in [6.07, 6.45) is 1.66. The van der Waals surface area contributed by atoms with E-state index in [-0.39, 0.29) is 10.3 Å². The number of sulfonamides is 1. The normalized spacial score (nSPS) is 12.3. The highest BCUT2D eigenvalue weighted by molar-refractivity contribution is 7.92. The molecule has 0 bridgehead atoms. The van der Waals surface area contributed by atoms with Crippen LogP contribution in [0.4, 0.5) is 5.82 Å². The van der Waals surface area contributed by atoms with E-state index in [1.807, 2.05) is 36.4 Å². The lowest BCUT2D eigenvalue weighted by Gasteiger charge is -2.19. The van der Waals surface area contributed by atoms with Gasteiger partial charge in [-0.15, -0.1) is 5.10 Å². The van der Waals surface area contributed by atoms with Crippen LogP contribution in [0, 0.1) is 6.92 Å². The molecule has 8 heteroatoms. The molecule has 2 heterocycles. The smallest absolute Gasteiger partial charge is 0.263 e. The number of anilines is 1. The van der Waals surface area contributed by atoms with Crippen molar-refractivity contribution in [3.8, 4) is 5.82 Å². The maximum absolute atomic E-state index is 13.0. The Morgan fingerprint density at radius 1 is 1.00 bits per heavy atom. The van der Waals surface area contributed by atoms with Crippen LogP contribution in [0.25, 0.3) is 16.6 Å². The standard InChI is InChI=1S/C22H23N5O2S/c1-15-13-20(26-30(28,29)18-11-9-17(10-12-18)22(2,3)4)27(25-15)21-19-8-6-5-7-16(19)14-23-24-21/h5-14,26H,1-4H3. The molecule has 2 aromatic heterocycles. The van der Waals surface area contributed by atoms with Crippen molar-refractivity contribution in [2.45, 2.75) is 38.0 Å². The average Bonchev–Trinajstić information content (AvgIpc) is 3.06. The van der Waals surface area contributed by atoms with Gasteiger partial charge >= 0.3 is 0 Å². The van der Waals surface area contributed by atoms with Crippen LogP contribution in [-0.4, -0.2) is 28.4 Å². The summed E-state index contributed by atoms with van der Waals surface area (Å²) in [6, 6.07) is 16.2. The zero-order valence-electron chi connectivity index (χ0n) is 17.3. The zero-order chi connectivity index (χ0) is 21.5. The number of aromatic nitrogens is 4. The molecule has 1 N–H and O–H groups in total. The number of nitrogens with one attached hydrogen (secondary N) is 1. The van der Waals surface area contributed by atoms with Crippen molar-refractivity contribution in [1.29, 1.82) is 0 Å². The van der Waals surface area contributed by atoms with Crippen molar-refractivity contribution in [2.75, 3.05) is 4.72 Å². The highest BCUT2D eigenvalue weighted by Crippen LogP contribution is 2.26. The highest BCUT2D eigenvalue weighted by Gasteiger charge is 2.21. The minimum absolute atomic E-state index is 0.0571. The van der Waals surface area contributed by atoms with E-state index in [0.29, 0.717) is 17.3 Å². The van der Waals surface area contributed by atoms with Gasteiger partial charge in [0.05, 0.1) is 16.8 Å². The fraction of sp³-hybridized carbons (Fsp3) is 0.227. The van der Waals surface area contributed by atoms with Crippen LogP contribution in [0.15, 0.2) is 65.7 Å². The van der Waals surface area contributed by atoms with Gasteiger partial charge in [0.2, 0.25) is 0 Å². The third-order valence-electron chi connectivity index (χ3n) is 4.85. The molecule has 0 atom stereocenters. The van der Waals surface area contributed by atoms with Gasteiger partial charge in [0.15, 0.2) is 5.82 Å². The first kappa shape index (κ1) is 20.0. The van der Waals surface area contributed by atoms with Crippen molar-refractivity contribution in [1.82, 2.24) is 20.0 Å². The predicted octanol–water partition coefficient (Wildman–Crippen LogP) is 4.22. The Hall–Kier alpha value is -3.26. The number of benzene rings is 2. The van der Waals surface area contributed by atoms with E-state index in [4.69, 9.17) is 0 Å². The molecule has 4 aromatic rings. The van der Waals surface area contributed by atoms with Crippen LogP contribution in [0.1, 0.15) is 32.0 Å². The van der Waals surface area contributed by atoms with Gasteiger partial charge in [0.25, 0.3) is 10.0 Å². The maximum atomic E-state index is 13.0. The fourth-order valence-corrected chi connectivity index (χ4v) is 4.27. The first-order valence-electron chi connectivity index (χ1n) is 9.56. The van der Waals surface area contributed by atoms with Gasteiger partial charge in [-0.05, 0) is 30.0 Å². The second-order valence-electron chi connectivity index (χ2n) is 8.22. The summed E-state index contributed by atoms with van der Waals surface area (Å²) in [4.78, 5) is 0.185. The van der Waals surface area contributed by atoms with E-state index in [9.17, 15) is 8.42 Å². The summed E-state index contributed by atoms with van der Waals surface area (Å²) < 4.78 is 30.2. The van der Waals surface area contributed by atoms with Gasteiger partial charge < -0.3 is 0 Å². The summed E-state index contributed by atoms with van der Waals surface area (Å²) in [5.41, 5.74) is 1.66. The van der Waals surface area contributed by atoms with Gasteiger partial charge in [0, 0.05) is 16.8 Å². The second kappa shape index (κ2) is 7.21. The highest BCUT2D eigenvalue weighted by atomic mass is 32.2. The molecule has 154 valence electrons. The van der Waals surface area contributed by atoms with Crippen molar-refractivity contribution in [3.05, 3.63) is 72.1 Å². The predicted molar refractivity (Wildman–Crippen MR) is 117 cm³/mol. The second-order valence-corrected chi connectivity index (χ2v) is 9.90. The van der Waals surface area contributed by atoms with Gasteiger partial charge in [-0.25, -0.2) is 8.42 Å². The van der Waals surface area contributed by atoms with E-state index in [2.05, 4.69) is 40.8 Å². The fourth-order valence-electron chi connectivity index (χ4n) is 3.23. The summed E-state index contributed by atoms with van der Waals surface area (Å²) in [7, 11) is -3.81. The number of nitrogens with zero attached hydrogens (tertiary/aromatic N) is 4. The Morgan fingerprint density at radius 2 is 1.70 bits per heavy atom. The molecule has 0 unspecified atom stereocenters. The number of fused-ring (bicyclic) bond motifs is 1. The zero-order valence-corrected chi connectivity index (χ0v) is 18.1. The van der Waals surface area contributed by atoms with Crippen LogP contribution >= 0.6 is 0 Å². The Balaban J connectivity index is 1.74. The lowest BCUT2D eigenvalue weighted by atomic mass is 9.87. The molecular formula is C22H23N5O2S. The molecule has 0 aliphatic rings. The number of aryl methyl sites for hydroxylation is 1. The largest absolute Gasteiger partial charge is 0.263 e. The van der Waals surface area contributed by atoms with E-state index >= 15 is 0 Å². The molecule has 2 aromatic carbocycles. The van der Waals surface area contributed by atoms with Crippen LogP contribution in [0.2, 0.25) is 0 Å². The van der Waals surface area contributed by atoms with Gasteiger partial charge in [-0.1, -0.05) is 57.2 Å². The van der Waals surface area contributed by atoms with Crippen LogP contribution < -0.4 is 4.72 Å². The minimum atomic E-state index is -3.81. The Morgan fingerprint density at radius 3 is 2.40 bits per heavy atom. The van der Waals surface area contributed by atoms with Gasteiger partial charge in [0.1, 0.15) is 5.82 Å². The summed E-state index contributed by atoms with van der Waals surface area (Å²) in [6.45, 7) is 8.05. The van der Waals surface area contributed by atoms with Crippen LogP contribution in [0.3, 0.4) is 0 Å². The molecule has 0 saturated carbocycles. The van der Waals surface area contributed by atoms with Gasteiger partial charge in [-0.3, -0.25) is 4.72 Å². The molecule has 4 rings (SSSR count). The topological polar surface area (TPSA) is 89.8 Å². The van der Waals surface area contributed by atoms with Gasteiger partial charge in [-0.2, -0.15) is 14.9 Å². The molecule has 30 heavy (non-hydrogen) atoms. The maximum Gasteiger partial charge on any atom is 0.263 e. The summed E-state index contributed by atoms with van der Waals surface area (Å²) >= 11 is 0. The van der Waals surface area contributed by atoms with Crippen LogP contribution in [-0.2, 0) is 15.4 Å². The van der Waals surface area contributed by atoms with Crippen LogP contribution in [0.5, 0.6) is 0 Å². The minimum Gasteiger partial charge on any atom is -0.263 e. The number of hydrogen-bond donors (Lipinski definition) is 1. The van der Waals surface area contributed by atoms with E-state index in [1.54, 1.807) is 31.3 Å².